The van der Waals surface area contributed by atoms with Crippen molar-refractivity contribution in [2.45, 2.75) is 43.7 Å². The number of aryl methyl sites for hydroxylation is 2. The number of benzene rings is 1. The highest BCUT2D eigenvalue weighted by atomic mass is 32.2. The van der Waals surface area contributed by atoms with Gasteiger partial charge in [0.25, 0.3) is 5.22 Å². The molecule has 0 aliphatic carbocycles. The van der Waals surface area contributed by atoms with Crippen LogP contribution in [0.4, 0.5) is 0 Å². The molecule has 4 heteroatoms. The third-order valence-electron chi connectivity index (χ3n) is 3.16. The van der Waals surface area contributed by atoms with Gasteiger partial charge in [-0.25, -0.2) is 4.98 Å². The van der Waals surface area contributed by atoms with Gasteiger partial charge in [0.05, 0.1) is 5.69 Å². The van der Waals surface area contributed by atoms with Crippen molar-refractivity contribution in [2.24, 2.45) is 5.73 Å². The molecule has 0 amide bonds. The van der Waals surface area contributed by atoms with Crippen molar-refractivity contribution in [1.29, 1.82) is 0 Å². The Bertz CT molecular complexity index is 521. The molecule has 102 valence electrons. The topological polar surface area (TPSA) is 52.0 Å². The van der Waals surface area contributed by atoms with E-state index in [2.05, 4.69) is 43.1 Å². The van der Waals surface area contributed by atoms with E-state index in [4.69, 9.17) is 10.2 Å². The zero-order chi connectivity index (χ0) is 13.8. The van der Waals surface area contributed by atoms with Gasteiger partial charge in [0.15, 0.2) is 0 Å². The Balaban J connectivity index is 2.03. The molecule has 2 aromatic rings. The van der Waals surface area contributed by atoms with Crippen LogP contribution in [0.5, 0.6) is 0 Å². The molecule has 1 heterocycles. The molecule has 0 aliphatic rings. The minimum atomic E-state index is -0.0249. The molecule has 0 bridgehead atoms. The second-order valence-electron chi connectivity index (χ2n) is 4.70. The summed E-state index contributed by atoms with van der Waals surface area (Å²) in [7, 11) is 0. The molecule has 0 saturated carbocycles. The van der Waals surface area contributed by atoms with E-state index >= 15 is 0 Å². The van der Waals surface area contributed by atoms with Gasteiger partial charge in [0.2, 0.25) is 0 Å². The first-order valence-corrected chi connectivity index (χ1v) is 7.41. The van der Waals surface area contributed by atoms with Gasteiger partial charge in [-0.1, -0.05) is 49.9 Å². The van der Waals surface area contributed by atoms with Gasteiger partial charge in [-0.2, -0.15) is 0 Å². The summed E-state index contributed by atoms with van der Waals surface area (Å²) in [5.74, 6) is 0. The average Bonchev–Trinajstić information content (AvgIpc) is 2.83. The quantitative estimate of drug-likeness (QED) is 0.845. The highest BCUT2D eigenvalue weighted by molar-refractivity contribution is 7.99. The summed E-state index contributed by atoms with van der Waals surface area (Å²) >= 11 is 1.57. The standard InChI is InChI=1S/C15H20N2OS/c1-4-12-5-7-13(8-6-12)14(16)11(3)19-15-17-10(2)9-18-15/h5-9,11,14H,4,16H2,1-3H3. The first-order valence-electron chi connectivity index (χ1n) is 6.53. The summed E-state index contributed by atoms with van der Waals surface area (Å²) in [5, 5.41) is 0.899. The monoisotopic (exact) mass is 276 g/mol. The maximum atomic E-state index is 6.29. The molecule has 3 nitrogen and oxygen atoms in total. The molecule has 1 aromatic carbocycles. The number of thioether (sulfide) groups is 1. The van der Waals surface area contributed by atoms with Crippen LogP contribution in [0.1, 0.15) is 36.7 Å². The lowest BCUT2D eigenvalue weighted by molar-refractivity contribution is 0.452. The van der Waals surface area contributed by atoms with Crippen LogP contribution in [0.15, 0.2) is 40.2 Å². The highest BCUT2D eigenvalue weighted by Crippen LogP contribution is 2.30. The molecule has 0 fully saturated rings. The molecule has 2 rings (SSSR count). The minimum absolute atomic E-state index is 0.0249. The fourth-order valence-electron chi connectivity index (χ4n) is 1.87. The van der Waals surface area contributed by atoms with Crippen LogP contribution < -0.4 is 5.73 Å². The molecule has 0 saturated heterocycles. The number of aromatic nitrogens is 1. The summed E-state index contributed by atoms with van der Waals surface area (Å²) in [6, 6.07) is 8.48. The molecule has 2 atom stereocenters. The van der Waals surface area contributed by atoms with Gasteiger partial charge in [-0.15, -0.1) is 0 Å². The van der Waals surface area contributed by atoms with Crippen LogP contribution in [0.2, 0.25) is 0 Å². The van der Waals surface area contributed by atoms with Crippen molar-refractivity contribution in [2.75, 3.05) is 0 Å². The molecular weight excluding hydrogens is 256 g/mol. The van der Waals surface area contributed by atoms with Crippen LogP contribution in [-0.4, -0.2) is 10.2 Å². The molecule has 0 spiro atoms. The number of oxazole rings is 1. The van der Waals surface area contributed by atoms with Gasteiger partial charge in [0, 0.05) is 11.3 Å². The van der Waals surface area contributed by atoms with E-state index in [1.54, 1.807) is 18.0 Å². The van der Waals surface area contributed by atoms with Gasteiger partial charge in [-0.05, 0) is 24.5 Å². The van der Waals surface area contributed by atoms with E-state index in [1.165, 1.54) is 5.56 Å². The molecule has 2 N–H and O–H groups in total. The Morgan fingerprint density at radius 3 is 2.53 bits per heavy atom. The van der Waals surface area contributed by atoms with Gasteiger partial charge in [0.1, 0.15) is 6.26 Å². The van der Waals surface area contributed by atoms with Crippen molar-refractivity contribution < 1.29 is 4.42 Å². The fourth-order valence-corrected chi connectivity index (χ4v) is 2.79. The third kappa shape index (κ3) is 3.61. The van der Waals surface area contributed by atoms with E-state index in [-0.39, 0.29) is 11.3 Å². The van der Waals surface area contributed by atoms with Crippen LogP contribution in [0, 0.1) is 6.92 Å². The van der Waals surface area contributed by atoms with E-state index in [9.17, 15) is 0 Å². The van der Waals surface area contributed by atoms with Crippen molar-refractivity contribution >= 4 is 11.8 Å². The van der Waals surface area contributed by atoms with Crippen molar-refractivity contribution in [1.82, 2.24) is 4.98 Å². The Labute approximate surface area is 118 Å². The number of hydrogen-bond donors (Lipinski definition) is 1. The first kappa shape index (κ1) is 14.2. The van der Waals surface area contributed by atoms with Gasteiger partial charge >= 0.3 is 0 Å². The second kappa shape index (κ2) is 6.26. The molecule has 2 unspecified atom stereocenters. The van der Waals surface area contributed by atoms with Crippen molar-refractivity contribution in [3.8, 4) is 0 Å². The summed E-state index contributed by atoms with van der Waals surface area (Å²) in [6.45, 7) is 6.17. The smallest absolute Gasteiger partial charge is 0.256 e. The minimum Gasteiger partial charge on any atom is -0.440 e. The van der Waals surface area contributed by atoms with Crippen molar-refractivity contribution in [3.05, 3.63) is 47.3 Å². The predicted molar refractivity (Wildman–Crippen MR) is 79.3 cm³/mol. The number of nitrogens with zero attached hydrogens (tertiary/aromatic N) is 1. The van der Waals surface area contributed by atoms with Crippen LogP contribution in [0.25, 0.3) is 0 Å². The summed E-state index contributed by atoms with van der Waals surface area (Å²) < 4.78 is 5.35. The maximum absolute atomic E-state index is 6.29. The lowest BCUT2D eigenvalue weighted by Crippen LogP contribution is -2.21. The Hall–Kier alpha value is -1.26. The molecular formula is C15H20N2OS. The third-order valence-corrected chi connectivity index (χ3v) is 4.22. The highest BCUT2D eigenvalue weighted by Gasteiger charge is 2.18. The lowest BCUT2D eigenvalue weighted by Gasteiger charge is -2.18. The van der Waals surface area contributed by atoms with Crippen LogP contribution in [-0.2, 0) is 6.42 Å². The van der Waals surface area contributed by atoms with E-state index in [0.717, 1.165) is 17.7 Å². The SMILES string of the molecule is CCc1ccc(C(N)C(C)Sc2nc(C)co2)cc1. The molecule has 0 aliphatic heterocycles. The number of nitrogens with two attached hydrogens (primary N) is 1. The largest absolute Gasteiger partial charge is 0.440 e. The summed E-state index contributed by atoms with van der Waals surface area (Å²) in [5.41, 5.74) is 9.68. The molecule has 0 radical (unpaired) electrons. The Morgan fingerprint density at radius 1 is 1.32 bits per heavy atom. The van der Waals surface area contributed by atoms with Gasteiger partial charge in [-0.3, -0.25) is 0 Å². The molecule has 19 heavy (non-hydrogen) atoms. The number of hydrogen-bond acceptors (Lipinski definition) is 4. The number of rotatable bonds is 5. The zero-order valence-corrected chi connectivity index (χ0v) is 12.4. The first-order chi connectivity index (χ1) is 9.10. The van der Waals surface area contributed by atoms with Crippen LogP contribution in [0.3, 0.4) is 0 Å². The van der Waals surface area contributed by atoms with E-state index < -0.39 is 0 Å². The summed E-state index contributed by atoms with van der Waals surface area (Å²) in [6.07, 6.45) is 2.71. The Kier molecular flexibility index (Phi) is 4.66. The lowest BCUT2D eigenvalue weighted by atomic mass is 10.0. The normalized spacial score (nSPS) is 14.3. The average molecular weight is 276 g/mol. The molecule has 1 aromatic heterocycles. The maximum Gasteiger partial charge on any atom is 0.256 e. The van der Waals surface area contributed by atoms with Crippen LogP contribution >= 0.6 is 11.8 Å². The summed E-state index contributed by atoms with van der Waals surface area (Å²) in [4.78, 5) is 4.29. The Morgan fingerprint density at radius 2 is 2.00 bits per heavy atom. The van der Waals surface area contributed by atoms with E-state index in [0.29, 0.717) is 5.22 Å². The van der Waals surface area contributed by atoms with E-state index in [1.807, 2.05) is 6.92 Å². The fraction of sp³-hybridized carbons (Fsp3) is 0.400. The second-order valence-corrected chi connectivity index (χ2v) is 6.03. The predicted octanol–water partition coefficient (Wildman–Crippen LogP) is 3.73. The van der Waals surface area contributed by atoms with Crippen molar-refractivity contribution in [3.63, 3.8) is 0 Å². The zero-order valence-electron chi connectivity index (χ0n) is 11.6. The van der Waals surface area contributed by atoms with Gasteiger partial charge < -0.3 is 10.2 Å².